The van der Waals surface area contributed by atoms with Gasteiger partial charge in [-0.1, -0.05) is 12.1 Å². The number of carbonyl (C=O) groups is 3. The van der Waals surface area contributed by atoms with Gasteiger partial charge in [-0.25, -0.2) is 4.39 Å². The monoisotopic (exact) mass is 252 g/mol. The highest BCUT2D eigenvalue weighted by atomic mass is 19.1. The van der Waals surface area contributed by atoms with E-state index in [4.69, 9.17) is 0 Å². The van der Waals surface area contributed by atoms with Crippen molar-refractivity contribution in [3.8, 4) is 0 Å². The predicted octanol–water partition coefficient (Wildman–Crippen LogP) is 1.78. The number of benzene rings is 1. The molecule has 0 aliphatic heterocycles. The number of ketones is 2. The first-order valence-corrected chi connectivity index (χ1v) is 5.32. The molecule has 0 N–H and O–H groups in total. The molecule has 1 unspecified atom stereocenters. The highest BCUT2D eigenvalue weighted by molar-refractivity contribution is 6.05. The van der Waals surface area contributed by atoms with E-state index in [1.165, 1.54) is 25.1 Å². The fraction of sp³-hybridized carbons (Fsp3) is 0.308. The molecule has 0 bridgehead atoms. The lowest BCUT2D eigenvalue weighted by Crippen LogP contribution is -2.26. The molecule has 0 aromatic heterocycles. The van der Waals surface area contributed by atoms with Crippen molar-refractivity contribution < 1.29 is 23.5 Å². The standard InChI is InChI=1S/C13H13FO4/c1-8(15)11(13(17)18-2)7-12(16)9-4-3-5-10(14)6-9/h3-6,11H,7H2,1-2H3. The van der Waals surface area contributed by atoms with Gasteiger partial charge in [0.05, 0.1) is 7.11 Å². The molecule has 0 spiro atoms. The third-order valence-corrected chi connectivity index (χ3v) is 2.51. The van der Waals surface area contributed by atoms with Gasteiger partial charge in [-0.15, -0.1) is 0 Å². The molecule has 5 heteroatoms. The van der Waals surface area contributed by atoms with Gasteiger partial charge in [-0.3, -0.25) is 14.4 Å². The lowest BCUT2D eigenvalue weighted by molar-refractivity contribution is -0.148. The van der Waals surface area contributed by atoms with Gasteiger partial charge in [-0.2, -0.15) is 0 Å². The molecule has 96 valence electrons. The van der Waals surface area contributed by atoms with E-state index in [2.05, 4.69) is 4.74 Å². The Morgan fingerprint density at radius 3 is 2.50 bits per heavy atom. The minimum absolute atomic E-state index is 0.130. The van der Waals surface area contributed by atoms with E-state index < -0.39 is 29.3 Å². The zero-order valence-corrected chi connectivity index (χ0v) is 10.1. The maximum Gasteiger partial charge on any atom is 0.316 e. The first-order chi connectivity index (χ1) is 8.45. The number of carbonyl (C=O) groups excluding carboxylic acids is 3. The summed E-state index contributed by atoms with van der Waals surface area (Å²) in [5, 5.41) is 0. The minimum Gasteiger partial charge on any atom is -0.468 e. The van der Waals surface area contributed by atoms with Crippen LogP contribution in [-0.2, 0) is 14.3 Å². The Kier molecular flexibility index (Phi) is 4.71. The maximum atomic E-state index is 12.9. The van der Waals surface area contributed by atoms with Crippen molar-refractivity contribution in [1.82, 2.24) is 0 Å². The van der Waals surface area contributed by atoms with Gasteiger partial charge in [-0.05, 0) is 19.1 Å². The van der Waals surface area contributed by atoms with Gasteiger partial charge in [0.1, 0.15) is 17.5 Å². The van der Waals surface area contributed by atoms with Crippen LogP contribution in [0.5, 0.6) is 0 Å². The molecule has 0 saturated carbocycles. The van der Waals surface area contributed by atoms with E-state index >= 15 is 0 Å². The number of halogens is 1. The van der Waals surface area contributed by atoms with E-state index in [1.807, 2.05) is 0 Å². The van der Waals surface area contributed by atoms with Gasteiger partial charge in [0, 0.05) is 12.0 Å². The van der Waals surface area contributed by atoms with Crippen molar-refractivity contribution in [2.45, 2.75) is 13.3 Å². The molecule has 0 saturated heterocycles. The highest BCUT2D eigenvalue weighted by Crippen LogP contribution is 2.13. The molecular formula is C13H13FO4. The fourth-order valence-electron chi connectivity index (χ4n) is 1.50. The Balaban J connectivity index is 2.85. The summed E-state index contributed by atoms with van der Waals surface area (Å²) in [6.07, 6.45) is -0.314. The Morgan fingerprint density at radius 1 is 1.33 bits per heavy atom. The van der Waals surface area contributed by atoms with Crippen LogP contribution < -0.4 is 0 Å². The summed E-state index contributed by atoms with van der Waals surface area (Å²) in [5.74, 6) is -3.36. The summed E-state index contributed by atoms with van der Waals surface area (Å²) in [6.45, 7) is 1.21. The second-order valence-electron chi connectivity index (χ2n) is 3.82. The average molecular weight is 252 g/mol. The molecular weight excluding hydrogens is 239 g/mol. The normalized spacial score (nSPS) is 11.7. The molecule has 1 aromatic rings. The highest BCUT2D eigenvalue weighted by Gasteiger charge is 2.27. The number of esters is 1. The summed E-state index contributed by atoms with van der Waals surface area (Å²) in [7, 11) is 1.14. The van der Waals surface area contributed by atoms with E-state index in [9.17, 15) is 18.8 Å². The smallest absolute Gasteiger partial charge is 0.316 e. The van der Waals surface area contributed by atoms with Crippen LogP contribution in [0, 0.1) is 11.7 Å². The predicted molar refractivity (Wildman–Crippen MR) is 61.5 cm³/mol. The number of rotatable bonds is 5. The number of Topliss-reactive ketones (excluding diaryl/α,β-unsaturated/α-hetero) is 2. The largest absolute Gasteiger partial charge is 0.468 e. The molecule has 0 heterocycles. The first-order valence-electron chi connectivity index (χ1n) is 5.32. The number of hydrogen-bond acceptors (Lipinski definition) is 4. The number of methoxy groups -OCH3 is 1. The second-order valence-corrected chi connectivity index (χ2v) is 3.82. The number of ether oxygens (including phenoxy) is 1. The van der Waals surface area contributed by atoms with Gasteiger partial charge >= 0.3 is 5.97 Å². The molecule has 0 aliphatic carbocycles. The van der Waals surface area contributed by atoms with Crippen molar-refractivity contribution in [2.24, 2.45) is 5.92 Å². The maximum absolute atomic E-state index is 12.9. The van der Waals surface area contributed by atoms with Crippen LogP contribution in [0.4, 0.5) is 4.39 Å². The van der Waals surface area contributed by atoms with Crippen LogP contribution >= 0.6 is 0 Å². The van der Waals surface area contributed by atoms with Crippen LogP contribution in [0.15, 0.2) is 24.3 Å². The van der Waals surface area contributed by atoms with Gasteiger partial charge < -0.3 is 4.74 Å². The summed E-state index contributed by atoms with van der Waals surface area (Å²) in [5.41, 5.74) is 0.130. The summed E-state index contributed by atoms with van der Waals surface area (Å²) >= 11 is 0. The molecule has 1 aromatic carbocycles. The third-order valence-electron chi connectivity index (χ3n) is 2.51. The molecule has 0 radical (unpaired) electrons. The Labute approximate surface area is 104 Å². The second kappa shape index (κ2) is 6.05. The van der Waals surface area contributed by atoms with Crippen LogP contribution in [0.1, 0.15) is 23.7 Å². The quantitative estimate of drug-likeness (QED) is 0.455. The van der Waals surface area contributed by atoms with Crippen molar-refractivity contribution in [3.63, 3.8) is 0 Å². The van der Waals surface area contributed by atoms with Crippen LogP contribution in [0.2, 0.25) is 0 Å². The Bertz CT molecular complexity index is 482. The molecule has 0 amide bonds. The van der Waals surface area contributed by atoms with Crippen LogP contribution in [0.25, 0.3) is 0 Å². The van der Waals surface area contributed by atoms with Crippen molar-refractivity contribution >= 4 is 17.5 Å². The summed E-state index contributed by atoms with van der Waals surface area (Å²) in [6, 6.07) is 5.10. The molecule has 1 rings (SSSR count). The molecule has 0 fully saturated rings. The molecule has 0 aliphatic rings. The zero-order valence-electron chi connectivity index (χ0n) is 10.1. The lowest BCUT2D eigenvalue weighted by atomic mass is 9.95. The number of hydrogen-bond donors (Lipinski definition) is 0. The van der Waals surface area contributed by atoms with E-state index in [0.29, 0.717) is 0 Å². The lowest BCUT2D eigenvalue weighted by Gasteiger charge is -2.10. The topological polar surface area (TPSA) is 60.4 Å². The van der Waals surface area contributed by atoms with Gasteiger partial charge in [0.2, 0.25) is 0 Å². The fourth-order valence-corrected chi connectivity index (χ4v) is 1.50. The van der Waals surface area contributed by atoms with Crippen LogP contribution in [0.3, 0.4) is 0 Å². The van der Waals surface area contributed by atoms with Crippen molar-refractivity contribution in [2.75, 3.05) is 7.11 Å². The molecule has 4 nitrogen and oxygen atoms in total. The van der Waals surface area contributed by atoms with Crippen molar-refractivity contribution in [1.29, 1.82) is 0 Å². The first kappa shape index (κ1) is 14.0. The third kappa shape index (κ3) is 3.48. The molecule has 18 heavy (non-hydrogen) atoms. The van der Waals surface area contributed by atoms with Gasteiger partial charge in [0.15, 0.2) is 5.78 Å². The SMILES string of the molecule is COC(=O)C(CC(=O)c1cccc(F)c1)C(C)=O. The molecule has 1 atom stereocenters. The summed E-state index contributed by atoms with van der Waals surface area (Å²) < 4.78 is 17.4. The Morgan fingerprint density at radius 2 is 2.00 bits per heavy atom. The van der Waals surface area contributed by atoms with Gasteiger partial charge in [0.25, 0.3) is 0 Å². The minimum atomic E-state index is -1.13. The van der Waals surface area contributed by atoms with E-state index in [1.54, 1.807) is 0 Å². The van der Waals surface area contributed by atoms with Crippen molar-refractivity contribution in [3.05, 3.63) is 35.6 Å². The Hall–Kier alpha value is -2.04. The average Bonchev–Trinajstić information content (AvgIpc) is 2.34. The van der Waals surface area contributed by atoms with E-state index in [-0.39, 0.29) is 12.0 Å². The van der Waals surface area contributed by atoms with E-state index in [0.717, 1.165) is 13.2 Å². The van der Waals surface area contributed by atoms with Crippen LogP contribution in [-0.4, -0.2) is 24.6 Å². The summed E-state index contributed by atoms with van der Waals surface area (Å²) in [4.78, 5) is 34.4. The zero-order chi connectivity index (χ0) is 13.7.